The number of hydrogen-bond acceptors (Lipinski definition) is 2. The van der Waals surface area contributed by atoms with Crippen LogP contribution in [0.4, 0.5) is 5.69 Å². The summed E-state index contributed by atoms with van der Waals surface area (Å²) >= 11 is 0. The summed E-state index contributed by atoms with van der Waals surface area (Å²) in [6, 6.07) is 8.34. The molecule has 0 aromatic heterocycles. The van der Waals surface area contributed by atoms with Crippen molar-refractivity contribution in [2.24, 2.45) is 5.92 Å². The van der Waals surface area contributed by atoms with Crippen molar-refractivity contribution < 1.29 is 4.79 Å². The third kappa shape index (κ3) is 2.91. The van der Waals surface area contributed by atoms with Gasteiger partial charge in [-0.05, 0) is 43.2 Å². The molecule has 3 heteroatoms. The number of anilines is 1. The molecule has 0 bridgehead atoms. The first-order valence-electron chi connectivity index (χ1n) is 7.37. The Balaban J connectivity index is 1.67. The molecule has 0 heterocycles. The SMILES string of the molecule is Nc1ccccc1CN(C(=O)CC1CCC1)C1CC1. The first-order valence-corrected chi connectivity index (χ1v) is 7.37. The Morgan fingerprint density at radius 2 is 1.95 bits per heavy atom. The molecule has 1 amide bonds. The Kier molecular flexibility index (Phi) is 3.45. The summed E-state index contributed by atoms with van der Waals surface area (Å²) in [5.74, 6) is 0.970. The maximum Gasteiger partial charge on any atom is 0.223 e. The monoisotopic (exact) mass is 258 g/mol. The van der Waals surface area contributed by atoms with Gasteiger partial charge in [0.05, 0.1) is 0 Å². The summed E-state index contributed by atoms with van der Waals surface area (Å²) in [6.45, 7) is 0.683. The zero-order valence-electron chi connectivity index (χ0n) is 11.3. The van der Waals surface area contributed by atoms with Crippen LogP contribution in [0.3, 0.4) is 0 Å². The molecule has 3 nitrogen and oxygen atoms in total. The lowest BCUT2D eigenvalue weighted by Crippen LogP contribution is -2.35. The van der Waals surface area contributed by atoms with E-state index < -0.39 is 0 Å². The van der Waals surface area contributed by atoms with E-state index in [0.29, 0.717) is 24.4 Å². The molecule has 3 rings (SSSR count). The number of benzene rings is 1. The van der Waals surface area contributed by atoms with Gasteiger partial charge in [-0.3, -0.25) is 4.79 Å². The molecule has 102 valence electrons. The maximum atomic E-state index is 12.4. The van der Waals surface area contributed by atoms with Crippen molar-refractivity contribution in [2.45, 2.75) is 51.1 Å². The second-order valence-electron chi connectivity index (χ2n) is 5.95. The normalized spacial score (nSPS) is 18.9. The second-order valence-corrected chi connectivity index (χ2v) is 5.95. The van der Waals surface area contributed by atoms with Gasteiger partial charge in [0.25, 0.3) is 0 Å². The van der Waals surface area contributed by atoms with Crippen LogP contribution < -0.4 is 5.73 Å². The minimum absolute atomic E-state index is 0.329. The second kappa shape index (κ2) is 5.24. The smallest absolute Gasteiger partial charge is 0.223 e. The third-order valence-corrected chi connectivity index (χ3v) is 4.39. The van der Waals surface area contributed by atoms with Gasteiger partial charge < -0.3 is 10.6 Å². The summed E-state index contributed by atoms with van der Waals surface area (Å²) in [5.41, 5.74) is 7.87. The minimum atomic E-state index is 0.329. The number of nitrogen functional groups attached to an aromatic ring is 1. The van der Waals surface area contributed by atoms with Crippen LogP contribution in [0.15, 0.2) is 24.3 Å². The van der Waals surface area contributed by atoms with E-state index in [9.17, 15) is 4.79 Å². The zero-order valence-corrected chi connectivity index (χ0v) is 11.3. The van der Waals surface area contributed by atoms with Crippen molar-refractivity contribution in [1.29, 1.82) is 0 Å². The van der Waals surface area contributed by atoms with Crippen molar-refractivity contribution in [3.8, 4) is 0 Å². The van der Waals surface area contributed by atoms with E-state index >= 15 is 0 Å². The molecule has 1 aromatic carbocycles. The standard InChI is InChI=1S/C16H22N2O/c17-15-7-2-1-6-13(15)11-18(14-8-9-14)16(19)10-12-4-3-5-12/h1-2,6-7,12,14H,3-5,8-11,17H2. The van der Waals surface area contributed by atoms with Crippen LogP contribution >= 0.6 is 0 Å². The highest BCUT2D eigenvalue weighted by molar-refractivity contribution is 5.77. The molecule has 2 aliphatic carbocycles. The Labute approximate surface area is 114 Å². The number of amides is 1. The first-order chi connectivity index (χ1) is 9.24. The van der Waals surface area contributed by atoms with Crippen molar-refractivity contribution in [1.82, 2.24) is 4.90 Å². The van der Waals surface area contributed by atoms with Crippen LogP contribution in [0.5, 0.6) is 0 Å². The van der Waals surface area contributed by atoms with E-state index in [0.717, 1.165) is 30.5 Å². The van der Waals surface area contributed by atoms with Crippen molar-refractivity contribution >= 4 is 11.6 Å². The van der Waals surface area contributed by atoms with Gasteiger partial charge in [-0.1, -0.05) is 24.6 Å². The molecule has 0 saturated heterocycles. The first kappa shape index (κ1) is 12.5. The molecule has 0 aliphatic heterocycles. The molecule has 0 atom stereocenters. The van der Waals surface area contributed by atoms with Crippen LogP contribution in [0, 0.1) is 5.92 Å². The summed E-state index contributed by atoms with van der Waals surface area (Å²) in [4.78, 5) is 14.5. The number of carbonyl (C=O) groups excluding carboxylic acids is 1. The van der Waals surface area contributed by atoms with Gasteiger partial charge in [-0.2, -0.15) is 0 Å². The number of rotatable bonds is 5. The Morgan fingerprint density at radius 3 is 2.53 bits per heavy atom. The lowest BCUT2D eigenvalue weighted by atomic mass is 9.82. The molecule has 2 saturated carbocycles. The fourth-order valence-electron chi connectivity index (χ4n) is 2.73. The summed E-state index contributed by atoms with van der Waals surface area (Å²) in [6.07, 6.45) is 6.82. The number of carbonyl (C=O) groups is 1. The molecule has 2 N–H and O–H groups in total. The van der Waals surface area contributed by atoms with E-state index in [1.807, 2.05) is 24.3 Å². The molecule has 2 aliphatic rings. The number of para-hydroxylation sites is 1. The van der Waals surface area contributed by atoms with Crippen LogP contribution in [-0.4, -0.2) is 16.8 Å². The fourth-order valence-corrected chi connectivity index (χ4v) is 2.73. The van der Waals surface area contributed by atoms with Gasteiger partial charge in [-0.15, -0.1) is 0 Å². The Bertz CT molecular complexity index is 464. The third-order valence-electron chi connectivity index (χ3n) is 4.39. The lowest BCUT2D eigenvalue weighted by molar-refractivity contribution is -0.134. The van der Waals surface area contributed by atoms with Crippen LogP contribution in [0.2, 0.25) is 0 Å². The predicted octanol–water partition coefficient (Wildman–Crippen LogP) is 2.95. The maximum absolute atomic E-state index is 12.4. The van der Waals surface area contributed by atoms with Gasteiger partial charge in [0.2, 0.25) is 5.91 Å². The number of hydrogen-bond donors (Lipinski definition) is 1. The average Bonchev–Trinajstić information content (AvgIpc) is 3.17. The predicted molar refractivity (Wildman–Crippen MR) is 76.4 cm³/mol. The van der Waals surface area contributed by atoms with Crippen molar-refractivity contribution in [3.05, 3.63) is 29.8 Å². The molecule has 1 aromatic rings. The molecule has 19 heavy (non-hydrogen) atoms. The molecular formula is C16H22N2O. The summed E-state index contributed by atoms with van der Waals surface area (Å²) in [5, 5.41) is 0. The van der Waals surface area contributed by atoms with Crippen LogP contribution in [-0.2, 0) is 11.3 Å². The number of nitrogens with zero attached hydrogens (tertiary/aromatic N) is 1. The quantitative estimate of drug-likeness (QED) is 0.825. The van der Waals surface area contributed by atoms with Crippen LogP contribution in [0.25, 0.3) is 0 Å². The highest BCUT2D eigenvalue weighted by Crippen LogP contribution is 2.34. The molecule has 0 radical (unpaired) electrons. The molecule has 2 fully saturated rings. The van der Waals surface area contributed by atoms with Gasteiger partial charge in [0, 0.05) is 24.7 Å². The van der Waals surface area contributed by atoms with E-state index in [1.165, 1.54) is 19.3 Å². The highest BCUT2D eigenvalue weighted by atomic mass is 16.2. The van der Waals surface area contributed by atoms with Crippen LogP contribution in [0.1, 0.15) is 44.1 Å². The number of nitrogens with two attached hydrogens (primary N) is 1. The molecular weight excluding hydrogens is 236 g/mol. The largest absolute Gasteiger partial charge is 0.398 e. The van der Waals surface area contributed by atoms with Gasteiger partial charge in [0.1, 0.15) is 0 Å². The molecule has 0 unspecified atom stereocenters. The zero-order chi connectivity index (χ0) is 13.2. The van der Waals surface area contributed by atoms with Gasteiger partial charge in [0.15, 0.2) is 0 Å². The topological polar surface area (TPSA) is 46.3 Å². The van der Waals surface area contributed by atoms with E-state index in [4.69, 9.17) is 5.73 Å². The summed E-state index contributed by atoms with van der Waals surface area (Å²) in [7, 11) is 0. The Hall–Kier alpha value is -1.51. The van der Waals surface area contributed by atoms with Gasteiger partial charge >= 0.3 is 0 Å². The minimum Gasteiger partial charge on any atom is -0.398 e. The highest BCUT2D eigenvalue weighted by Gasteiger charge is 2.34. The van der Waals surface area contributed by atoms with E-state index in [-0.39, 0.29) is 0 Å². The lowest BCUT2D eigenvalue weighted by Gasteiger charge is -2.29. The van der Waals surface area contributed by atoms with E-state index in [1.54, 1.807) is 0 Å². The fraction of sp³-hybridized carbons (Fsp3) is 0.562. The average molecular weight is 258 g/mol. The summed E-state index contributed by atoms with van der Waals surface area (Å²) < 4.78 is 0. The molecule has 0 spiro atoms. The van der Waals surface area contributed by atoms with Gasteiger partial charge in [-0.25, -0.2) is 0 Å². The Morgan fingerprint density at radius 1 is 1.21 bits per heavy atom. The van der Waals surface area contributed by atoms with E-state index in [2.05, 4.69) is 4.90 Å². The van der Waals surface area contributed by atoms with Crippen molar-refractivity contribution in [3.63, 3.8) is 0 Å². The van der Waals surface area contributed by atoms with Crippen molar-refractivity contribution in [2.75, 3.05) is 5.73 Å².